The maximum absolute atomic E-state index is 3.39. The topological polar surface area (TPSA) is 12.0 Å². The van der Waals surface area contributed by atoms with Gasteiger partial charge in [0.25, 0.3) is 0 Å². The SMILES string of the molecule is CNCSc1ccc(Br)cc1. The Morgan fingerprint density at radius 1 is 1.36 bits per heavy atom. The zero-order chi connectivity index (χ0) is 8.10. The van der Waals surface area contributed by atoms with Crippen LogP contribution in [-0.4, -0.2) is 12.9 Å². The highest BCUT2D eigenvalue weighted by Crippen LogP contribution is 2.19. The molecule has 0 radical (unpaired) electrons. The molecule has 0 aliphatic heterocycles. The molecule has 11 heavy (non-hydrogen) atoms. The van der Waals surface area contributed by atoms with E-state index in [9.17, 15) is 0 Å². The van der Waals surface area contributed by atoms with E-state index in [1.807, 2.05) is 7.05 Å². The van der Waals surface area contributed by atoms with Crippen LogP contribution < -0.4 is 5.32 Å². The van der Waals surface area contributed by atoms with Gasteiger partial charge in [0, 0.05) is 15.2 Å². The fraction of sp³-hybridized carbons (Fsp3) is 0.250. The average Bonchev–Trinajstić information content (AvgIpc) is 2.04. The van der Waals surface area contributed by atoms with Crippen LogP contribution in [0.5, 0.6) is 0 Å². The number of hydrogen-bond acceptors (Lipinski definition) is 2. The lowest BCUT2D eigenvalue weighted by atomic mass is 10.4. The van der Waals surface area contributed by atoms with E-state index < -0.39 is 0 Å². The van der Waals surface area contributed by atoms with Gasteiger partial charge < -0.3 is 5.32 Å². The largest absolute Gasteiger partial charge is 0.311 e. The van der Waals surface area contributed by atoms with Gasteiger partial charge in [-0.05, 0) is 31.3 Å². The number of thioether (sulfide) groups is 1. The monoisotopic (exact) mass is 231 g/mol. The van der Waals surface area contributed by atoms with Crippen molar-refractivity contribution >= 4 is 27.7 Å². The standard InChI is InChI=1S/C8H10BrNS/c1-10-6-11-8-4-2-7(9)3-5-8/h2-5,10H,6H2,1H3. The zero-order valence-corrected chi connectivity index (χ0v) is 8.71. The minimum Gasteiger partial charge on any atom is -0.311 e. The lowest BCUT2D eigenvalue weighted by Gasteiger charge is -1.99. The van der Waals surface area contributed by atoms with E-state index >= 15 is 0 Å². The maximum atomic E-state index is 3.39. The van der Waals surface area contributed by atoms with Crippen molar-refractivity contribution in [3.63, 3.8) is 0 Å². The highest BCUT2D eigenvalue weighted by atomic mass is 79.9. The van der Waals surface area contributed by atoms with Gasteiger partial charge in [-0.1, -0.05) is 15.9 Å². The third-order valence-corrected chi connectivity index (χ3v) is 2.76. The maximum Gasteiger partial charge on any atom is 0.0463 e. The van der Waals surface area contributed by atoms with E-state index in [4.69, 9.17) is 0 Å². The van der Waals surface area contributed by atoms with Gasteiger partial charge in [0.2, 0.25) is 0 Å². The molecule has 0 bridgehead atoms. The van der Waals surface area contributed by atoms with Crippen LogP contribution in [0.25, 0.3) is 0 Å². The van der Waals surface area contributed by atoms with Crippen LogP contribution in [0.15, 0.2) is 33.6 Å². The third-order valence-electron chi connectivity index (χ3n) is 1.20. The summed E-state index contributed by atoms with van der Waals surface area (Å²) >= 11 is 5.19. The molecular weight excluding hydrogens is 222 g/mol. The fourth-order valence-corrected chi connectivity index (χ4v) is 1.59. The Hall–Kier alpha value is 0.01000. The van der Waals surface area contributed by atoms with Gasteiger partial charge in [-0.3, -0.25) is 0 Å². The van der Waals surface area contributed by atoms with Gasteiger partial charge in [-0.2, -0.15) is 0 Å². The molecule has 1 N–H and O–H groups in total. The van der Waals surface area contributed by atoms with E-state index in [1.165, 1.54) is 4.90 Å². The molecule has 0 aromatic heterocycles. The Kier molecular flexibility index (Phi) is 3.97. The second-order valence-electron chi connectivity index (χ2n) is 2.10. The van der Waals surface area contributed by atoms with Gasteiger partial charge in [0.05, 0.1) is 0 Å². The van der Waals surface area contributed by atoms with E-state index in [2.05, 4.69) is 45.5 Å². The first-order valence-corrected chi connectivity index (χ1v) is 5.14. The summed E-state index contributed by atoms with van der Waals surface area (Å²) in [6.07, 6.45) is 0. The summed E-state index contributed by atoms with van der Waals surface area (Å²) in [4.78, 5) is 1.29. The van der Waals surface area contributed by atoms with E-state index in [0.29, 0.717) is 0 Å². The summed E-state index contributed by atoms with van der Waals surface area (Å²) in [5.41, 5.74) is 0. The summed E-state index contributed by atoms with van der Waals surface area (Å²) in [5, 5.41) is 3.08. The number of halogens is 1. The Labute approximate surface area is 79.7 Å². The molecule has 1 rings (SSSR count). The molecule has 0 saturated heterocycles. The first-order chi connectivity index (χ1) is 5.33. The van der Waals surface area contributed by atoms with Crippen molar-refractivity contribution in [3.05, 3.63) is 28.7 Å². The first kappa shape index (κ1) is 9.10. The smallest absolute Gasteiger partial charge is 0.0463 e. The quantitative estimate of drug-likeness (QED) is 0.635. The Bertz CT molecular complexity index is 210. The molecule has 0 unspecified atom stereocenters. The minimum atomic E-state index is 0.960. The normalized spacial score (nSPS) is 10.0. The van der Waals surface area contributed by atoms with Crippen LogP contribution in [0.1, 0.15) is 0 Å². The number of rotatable bonds is 3. The van der Waals surface area contributed by atoms with E-state index in [0.717, 1.165) is 10.3 Å². The van der Waals surface area contributed by atoms with E-state index in [1.54, 1.807) is 11.8 Å². The van der Waals surface area contributed by atoms with Crippen LogP contribution in [0, 0.1) is 0 Å². The molecule has 1 nitrogen and oxygen atoms in total. The van der Waals surface area contributed by atoms with Crippen LogP contribution in [0.2, 0.25) is 0 Å². The molecule has 3 heteroatoms. The molecule has 0 spiro atoms. The average molecular weight is 232 g/mol. The number of nitrogens with one attached hydrogen (secondary N) is 1. The first-order valence-electron chi connectivity index (χ1n) is 3.36. The zero-order valence-electron chi connectivity index (χ0n) is 6.30. The van der Waals surface area contributed by atoms with Gasteiger partial charge in [-0.25, -0.2) is 0 Å². The van der Waals surface area contributed by atoms with E-state index in [-0.39, 0.29) is 0 Å². The lowest BCUT2D eigenvalue weighted by Crippen LogP contribution is -2.02. The molecule has 0 aliphatic rings. The Balaban J connectivity index is 2.52. The van der Waals surface area contributed by atoms with Crippen molar-refractivity contribution in [2.24, 2.45) is 0 Å². The van der Waals surface area contributed by atoms with Crippen molar-refractivity contribution in [1.82, 2.24) is 5.32 Å². The molecule has 0 fully saturated rings. The number of benzene rings is 1. The van der Waals surface area contributed by atoms with Crippen LogP contribution >= 0.6 is 27.7 Å². The highest BCUT2D eigenvalue weighted by Gasteiger charge is 1.90. The van der Waals surface area contributed by atoms with Crippen molar-refractivity contribution in [3.8, 4) is 0 Å². The summed E-state index contributed by atoms with van der Waals surface area (Å²) in [5.74, 6) is 0.960. The molecule has 60 valence electrons. The van der Waals surface area contributed by atoms with Crippen LogP contribution in [0.4, 0.5) is 0 Å². The molecule has 0 aliphatic carbocycles. The molecule has 0 heterocycles. The predicted molar refractivity (Wildman–Crippen MR) is 53.9 cm³/mol. The van der Waals surface area contributed by atoms with Gasteiger partial charge in [-0.15, -0.1) is 11.8 Å². The number of hydrogen-bond donors (Lipinski definition) is 1. The van der Waals surface area contributed by atoms with Gasteiger partial charge >= 0.3 is 0 Å². The molecule has 0 amide bonds. The second kappa shape index (κ2) is 4.80. The van der Waals surface area contributed by atoms with Gasteiger partial charge in [0.1, 0.15) is 0 Å². The molecule has 0 atom stereocenters. The van der Waals surface area contributed by atoms with Crippen LogP contribution in [0.3, 0.4) is 0 Å². The summed E-state index contributed by atoms with van der Waals surface area (Å²) < 4.78 is 1.13. The molecule has 1 aromatic rings. The third kappa shape index (κ3) is 3.27. The molecule has 1 aromatic carbocycles. The summed E-state index contributed by atoms with van der Waals surface area (Å²) in [6, 6.07) is 8.31. The molecular formula is C8H10BrNS. The Morgan fingerprint density at radius 2 is 2.00 bits per heavy atom. The Morgan fingerprint density at radius 3 is 2.55 bits per heavy atom. The van der Waals surface area contributed by atoms with Crippen LogP contribution in [-0.2, 0) is 0 Å². The van der Waals surface area contributed by atoms with Crippen molar-refractivity contribution < 1.29 is 0 Å². The van der Waals surface area contributed by atoms with Crippen molar-refractivity contribution in [2.45, 2.75) is 4.90 Å². The predicted octanol–water partition coefficient (Wildman–Crippen LogP) is 2.72. The molecule has 0 saturated carbocycles. The highest BCUT2D eigenvalue weighted by molar-refractivity contribution is 9.10. The van der Waals surface area contributed by atoms with Crippen molar-refractivity contribution in [1.29, 1.82) is 0 Å². The fourth-order valence-electron chi connectivity index (χ4n) is 0.686. The van der Waals surface area contributed by atoms with Gasteiger partial charge in [0.15, 0.2) is 0 Å². The lowest BCUT2D eigenvalue weighted by molar-refractivity contribution is 0.982. The van der Waals surface area contributed by atoms with Crippen molar-refractivity contribution in [2.75, 3.05) is 12.9 Å². The minimum absolute atomic E-state index is 0.960. The summed E-state index contributed by atoms with van der Waals surface area (Å²) in [7, 11) is 1.95. The summed E-state index contributed by atoms with van der Waals surface area (Å²) in [6.45, 7) is 0. The second-order valence-corrected chi connectivity index (χ2v) is 4.06.